The first kappa shape index (κ1) is 15.2. The Bertz CT molecular complexity index is 988. The van der Waals surface area contributed by atoms with E-state index in [4.69, 9.17) is 11.5 Å². The number of non-ortho nitro benzene ring substituents is 1. The largest absolute Gasteiger partial charge is 0.370 e. The summed E-state index contributed by atoms with van der Waals surface area (Å²) in [5.74, 6) is -0.549. The maximum atomic E-state index is 12.1. The SMILES string of the molecule is NC(N)=NC(=O)c1ccccc1-c1nc2ccc([N+](=O)[O-])cc2[nH]1. The number of carbonyl (C=O) groups excluding carboxylic acids is 1. The average molecular weight is 324 g/mol. The van der Waals surface area contributed by atoms with Crippen molar-refractivity contribution in [1.29, 1.82) is 0 Å². The number of nitro benzene ring substituents is 1. The van der Waals surface area contributed by atoms with E-state index in [2.05, 4.69) is 15.0 Å². The number of nitrogens with two attached hydrogens (primary N) is 2. The number of nitrogens with zero attached hydrogens (tertiary/aromatic N) is 3. The molecule has 1 amide bonds. The fraction of sp³-hybridized carbons (Fsp3) is 0. The van der Waals surface area contributed by atoms with Crippen LogP contribution in [0.25, 0.3) is 22.4 Å². The van der Waals surface area contributed by atoms with Crippen molar-refractivity contribution in [2.45, 2.75) is 0 Å². The number of amides is 1. The van der Waals surface area contributed by atoms with Gasteiger partial charge >= 0.3 is 0 Å². The second-order valence-electron chi connectivity index (χ2n) is 4.93. The molecule has 24 heavy (non-hydrogen) atoms. The van der Waals surface area contributed by atoms with Crippen LogP contribution in [0.2, 0.25) is 0 Å². The summed E-state index contributed by atoms with van der Waals surface area (Å²) in [6.07, 6.45) is 0. The third kappa shape index (κ3) is 2.77. The molecule has 120 valence electrons. The highest BCUT2D eigenvalue weighted by molar-refractivity contribution is 6.06. The molecule has 0 spiro atoms. The van der Waals surface area contributed by atoms with Gasteiger partial charge in [-0.3, -0.25) is 14.9 Å². The van der Waals surface area contributed by atoms with Crippen LogP contribution in [0.5, 0.6) is 0 Å². The topological polar surface area (TPSA) is 153 Å². The normalized spacial score (nSPS) is 10.5. The number of hydrogen-bond donors (Lipinski definition) is 3. The van der Waals surface area contributed by atoms with Crippen molar-refractivity contribution < 1.29 is 9.72 Å². The Morgan fingerprint density at radius 2 is 1.96 bits per heavy atom. The Kier molecular flexibility index (Phi) is 3.66. The van der Waals surface area contributed by atoms with Crippen LogP contribution in [0.3, 0.4) is 0 Å². The monoisotopic (exact) mass is 324 g/mol. The van der Waals surface area contributed by atoms with Crippen LogP contribution in [0, 0.1) is 10.1 Å². The van der Waals surface area contributed by atoms with Crippen molar-refractivity contribution in [3.8, 4) is 11.4 Å². The molecule has 0 fully saturated rings. The van der Waals surface area contributed by atoms with E-state index < -0.39 is 10.8 Å². The second-order valence-corrected chi connectivity index (χ2v) is 4.93. The van der Waals surface area contributed by atoms with Crippen molar-refractivity contribution in [2.24, 2.45) is 16.5 Å². The zero-order valence-electron chi connectivity index (χ0n) is 12.3. The molecule has 1 aromatic heterocycles. The number of aromatic nitrogens is 2. The number of fused-ring (bicyclic) bond motifs is 1. The molecule has 5 N–H and O–H groups in total. The number of hydrogen-bond acceptors (Lipinski definition) is 4. The molecule has 0 saturated carbocycles. The quantitative estimate of drug-likeness (QED) is 0.287. The van der Waals surface area contributed by atoms with Gasteiger partial charge in [0.2, 0.25) is 0 Å². The molecule has 3 aromatic rings. The minimum absolute atomic E-state index is 0.0532. The standard InChI is InChI=1S/C15H12N6O3/c16-15(17)20-14(22)10-4-2-1-3-9(10)13-18-11-6-5-8(21(23)24)7-12(11)19-13/h1-7H,(H,18,19)(H4,16,17,20,22). The lowest BCUT2D eigenvalue weighted by molar-refractivity contribution is -0.384. The first-order valence-electron chi connectivity index (χ1n) is 6.83. The van der Waals surface area contributed by atoms with Crippen LogP contribution in [0.1, 0.15) is 10.4 Å². The number of H-pyrrole nitrogens is 1. The molecule has 0 aliphatic heterocycles. The molecule has 0 aliphatic rings. The van der Waals surface area contributed by atoms with E-state index in [-0.39, 0.29) is 17.2 Å². The number of guanidine groups is 1. The predicted molar refractivity (Wildman–Crippen MR) is 88.3 cm³/mol. The molecule has 2 aromatic carbocycles. The number of nitrogens with one attached hydrogen (secondary N) is 1. The maximum absolute atomic E-state index is 12.1. The van der Waals surface area contributed by atoms with Gasteiger partial charge in [0.15, 0.2) is 5.96 Å². The van der Waals surface area contributed by atoms with Crippen molar-refractivity contribution in [2.75, 3.05) is 0 Å². The molecule has 0 bridgehead atoms. The first-order chi connectivity index (χ1) is 11.5. The Morgan fingerprint density at radius 1 is 1.21 bits per heavy atom. The molecular formula is C15H12N6O3. The third-order valence-electron chi connectivity index (χ3n) is 3.32. The van der Waals surface area contributed by atoms with Gasteiger partial charge < -0.3 is 16.5 Å². The summed E-state index contributed by atoms with van der Waals surface area (Å²) in [4.78, 5) is 33.4. The minimum atomic E-state index is -0.600. The lowest BCUT2D eigenvalue weighted by atomic mass is 10.1. The highest BCUT2D eigenvalue weighted by atomic mass is 16.6. The van der Waals surface area contributed by atoms with Gasteiger partial charge in [0.25, 0.3) is 11.6 Å². The van der Waals surface area contributed by atoms with Crippen molar-refractivity contribution in [3.63, 3.8) is 0 Å². The lowest BCUT2D eigenvalue weighted by Crippen LogP contribution is -2.24. The summed E-state index contributed by atoms with van der Waals surface area (Å²) in [7, 11) is 0. The van der Waals surface area contributed by atoms with Gasteiger partial charge in [0, 0.05) is 17.7 Å². The zero-order chi connectivity index (χ0) is 17.3. The molecule has 0 atom stereocenters. The summed E-state index contributed by atoms with van der Waals surface area (Å²) in [5, 5.41) is 10.9. The molecular weight excluding hydrogens is 312 g/mol. The minimum Gasteiger partial charge on any atom is -0.370 e. The van der Waals surface area contributed by atoms with E-state index in [9.17, 15) is 14.9 Å². The summed E-state index contributed by atoms with van der Waals surface area (Å²) in [5.41, 5.74) is 12.2. The highest BCUT2D eigenvalue weighted by Crippen LogP contribution is 2.26. The lowest BCUT2D eigenvalue weighted by Gasteiger charge is -2.03. The van der Waals surface area contributed by atoms with Crippen molar-refractivity contribution >= 4 is 28.6 Å². The van der Waals surface area contributed by atoms with Crippen LogP contribution in [-0.4, -0.2) is 26.8 Å². The average Bonchev–Trinajstić information content (AvgIpc) is 2.97. The van der Waals surface area contributed by atoms with Crippen molar-refractivity contribution in [3.05, 3.63) is 58.1 Å². The molecule has 0 unspecified atom stereocenters. The van der Waals surface area contributed by atoms with Gasteiger partial charge in [-0.05, 0) is 12.1 Å². The van der Waals surface area contributed by atoms with Gasteiger partial charge in [-0.15, -0.1) is 0 Å². The number of aromatic amines is 1. The van der Waals surface area contributed by atoms with Crippen LogP contribution < -0.4 is 11.5 Å². The predicted octanol–water partition coefficient (Wildman–Crippen LogP) is 1.55. The maximum Gasteiger partial charge on any atom is 0.280 e. The summed E-state index contributed by atoms with van der Waals surface area (Å²) >= 11 is 0. The number of aliphatic imine (C=N–C) groups is 1. The van der Waals surface area contributed by atoms with Gasteiger partial charge in [-0.2, -0.15) is 4.99 Å². The number of benzene rings is 2. The van der Waals surface area contributed by atoms with Crippen LogP contribution in [0.4, 0.5) is 5.69 Å². The second kappa shape index (κ2) is 5.80. The number of carbonyl (C=O) groups is 1. The van der Waals surface area contributed by atoms with Gasteiger partial charge in [0.05, 0.1) is 21.5 Å². The fourth-order valence-corrected chi connectivity index (χ4v) is 2.29. The number of nitro groups is 1. The van der Waals surface area contributed by atoms with Gasteiger partial charge in [0.1, 0.15) is 5.82 Å². The van der Waals surface area contributed by atoms with E-state index in [1.165, 1.54) is 18.2 Å². The Morgan fingerprint density at radius 3 is 2.67 bits per heavy atom. The first-order valence-corrected chi connectivity index (χ1v) is 6.83. The smallest absolute Gasteiger partial charge is 0.280 e. The molecule has 9 nitrogen and oxygen atoms in total. The van der Waals surface area contributed by atoms with E-state index in [1.807, 2.05) is 0 Å². The van der Waals surface area contributed by atoms with Crippen LogP contribution in [0.15, 0.2) is 47.5 Å². The summed E-state index contributed by atoms with van der Waals surface area (Å²) in [6.45, 7) is 0. The molecule has 9 heteroatoms. The molecule has 1 heterocycles. The number of imidazole rings is 1. The summed E-state index contributed by atoms with van der Waals surface area (Å²) < 4.78 is 0. The van der Waals surface area contributed by atoms with E-state index in [0.717, 1.165) is 0 Å². The van der Waals surface area contributed by atoms with Crippen LogP contribution in [-0.2, 0) is 0 Å². The number of rotatable bonds is 3. The van der Waals surface area contributed by atoms with E-state index in [1.54, 1.807) is 24.3 Å². The van der Waals surface area contributed by atoms with Gasteiger partial charge in [-0.1, -0.05) is 18.2 Å². The van der Waals surface area contributed by atoms with Crippen LogP contribution >= 0.6 is 0 Å². The summed E-state index contributed by atoms with van der Waals surface area (Å²) in [6, 6.07) is 10.9. The Labute approximate surface area is 135 Å². The van der Waals surface area contributed by atoms with Gasteiger partial charge in [-0.25, -0.2) is 4.98 Å². The van der Waals surface area contributed by atoms with E-state index >= 15 is 0 Å². The molecule has 0 saturated heterocycles. The Hall–Kier alpha value is -3.75. The van der Waals surface area contributed by atoms with E-state index in [0.29, 0.717) is 22.4 Å². The molecule has 0 radical (unpaired) electrons. The van der Waals surface area contributed by atoms with Crippen molar-refractivity contribution in [1.82, 2.24) is 9.97 Å². The Balaban J connectivity index is 2.13. The molecule has 3 rings (SSSR count). The fourth-order valence-electron chi connectivity index (χ4n) is 2.29. The third-order valence-corrected chi connectivity index (χ3v) is 3.32. The molecule has 0 aliphatic carbocycles. The zero-order valence-corrected chi connectivity index (χ0v) is 12.3. The highest BCUT2D eigenvalue weighted by Gasteiger charge is 2.16.